The van der Waals surface area contributed by atoms with Crippen molar-refractivity contribution < 1.29 is 4.79 Å². The summed E-state index contributed by atoms with van der Waals surface area (Å²) in [5, 5.41) is 6.65. The highest BCUT2D eigenvalue weighted by atomic mass is 127. The van der Waals surface area contributed by atoms with Gasteiger partial charge in [0.2, 0.25) is 5.91 Å². The van der Waals surface area contributed by atoms with Crippen molar-refractivity contribution in [3.8, 4) is 0 Å². The molecular weight excluding hydrogens is 391 g/mol. The quantitative estimate of drug-likeness (QED) is 0.259. The Morgan fingerprint density at radius 1 is 1.32 bits per heavy atom. The Morgan fingerprint density at radius 2 is 2.09 bits per heavy atom. The van der Waals surface area contributed by atoms with Crippen molar-refractivity contribution in [2.45, 2.75) is 65.3 Å². The number of halogens is 1. The van der Waals surface area contributed by atoms with Crippen LogP contribution in [0.2, 0.25) is 0 Å². The zero-order chi connectivity index (χ0) is 15.5. The van der Waals surface area contributed by atoms with Crippen LogP contribution in [-0.2, 0) is 4.79 Å². The number of rotatable bonds is 9. The van der Waals surface area contributed by atoms with E-state index >= 15 is 0 Å². The Hall–Kier alpha value is -0.530. The van der Waals surface area contributed by atoms with Crippen LogP contribution in [-0.4, -0.2) is 49.0 Å². The summed E-state index contributed by atoms with van der Waals surface area (Å²) in [5.41, 5.74) is 0. The number of hydrogen-bond acceptors (Lipinski definition) is 2. The van der Waals surface area contributed by atoms with E-state index in [0.717, 1.165) is 70.7 Å². The first-order valence-electron chi connectivity index (χ1n) is 8.54. The second-order valence-corrected chi connectivity index (χ2v) is 5.58. The molecule has 0 aliphatic carbocycles. The molecule has 1 rings (SSSR count). The zero-order valence-corrected chi connectivity index (χ0v) is 16.7. The molecule has 0 saturated carbocycles. The van der Waals surface area contributed by atoms with E-state index in [0.29, 0.717) is 11.9 Å². The van der Waals surface area contributed by atoms with Crippen LogP contribution in [0.25, 0.3) is 0 Å². The van der Waals surface area contributed by atoms with E-state index in [4.69, 9.17) is 0 Å². The summed E-state index contributed by atoms with van der Waals surface area (Å²) in [6, 6.07) is 0.367. The molecule has 6 heteroatoms. The van der Waals surface area contributed by atoms with Crippen LogP contribution >= 0.6 is 24.0 Å². The normalized spacial score (nSPS) is 16.4. The zero-order valence-electron chi connectivity index (χ0n) is 14.4. The number of carbonyl (C=O) groups is 1. The summed E-state index contributed by atoms with van der Waals surface area (Å²) >= 11 is 0. The number of unbranched alkanes of at least 4 members (excludes halogenated alkanes) is 1. The Bertz CT molecular complexity index is 336. The fraction of sp³-hybridized carbons (Fsp3) is 0.875. The van der Waals surface area contributed by atoms with Gasteiger partial charge in [-0.1, -0.05) is 20.3 Å². The first-order valence-corrected chi connectivity index (χ1v) is 8.54. The Labute approximate surface area is 152 Å². The van der Waals surface area contributed by atoms with Crippen molar-refractivity contribution in [1.29, 1.82) is 0 Å². The number of carbonyl (C=O) groups excluding carboxylic acids is 1. The van der Waals surface area contributed by atoms with Crippen LogP contribution in [0.3, 0.4) is 0 Å². The third-order valence-electron chi connectivity index (χ3n) is 3.92. The average molecular weight is 424 g/mol. The second-order valence-electron chi connectivity index (χ2n) is 5.58. The minimum Gasteiger partial charge on any atom is -0.357 e. The molecule has 0 aromatic rings. The van der Waals surface area contributed by atoms with Crippen molar-refractivity contribution >= 4 is 35.8 Å². The lowest BCUT2D eigenvalue weighted by Crippen LogP contribution is -2.42. The average Bonchev–Trinajstić information content (AvgIpc) is 2.90. The van der Waals surface area contributed by atoms with Crippen molar-refractivity contribution in [3.63, 3.8) is 0 Å². The molecule has 1 fully saturated rings. The predicted molar refractivity (Wildman–Crippen MR) is 104 cm³/mol. The maximum absolute atomic E-state index is 11.8. The van der Waals surface area contributed by atoms with Gasteiger partial charge in [-0.2, -0.15) is 0 Å². The molecule has 0 aromatic carbocycles. The lowest BCUT2D eigenvalue weighted by molar-refractivity contribution is -0.129. The monoisotopic (exact) mass is 424 g/mol. The summed E-state index contributed by atoms with van der Waals surface area (Å²) in [6.07, 6.45) is 6.04. The van der Waals surface area contributed by atoms with E-state index in [-0.39, 0.29) is 24.0 Å². The van der Waals surface area contributed by atoms with Gasteiger partial charge in [-0.3, -0.25) is 9.79 Å². The molecule has 0 spiro atoms. The highest BCUT2D eigenvalue weighted by Crippen LogP contribution is 2.17. The summed E-state index contributed by atoms with van der Waals surface area (Å²) in [6.45, 7) is 9.95. The molecule has 1 unspecified atom stereocenters. The van der Waals surface area contributed by atoms with Gasteiger partial charge in [0.1, 0.15) is 0 Å². The van der Waals surface area contributed by atoms with E-state index in [1.54, 1.807) is 0 Å². The minimum atomic E-state index is 0. The van der Waals surface area contributed by atoms with Gasteiger partial charge in [0.15, 0.2) is 5.96 Å². The van der Waals surface area contributed by atoms with Gasteiger partial charge in [0.25, 0.3) is 0 Å². The van der Waals surface area contributed by atoms with E-state index < -0.39 is 0 Å². The summed E-state index contributed by atoms with van der Waals surface area (Å²) in [4.78, 5) is 18.4. The van der Waals surface area contributed by atoms with Gasteiger partial charge in [-0.05, 0) is 32.6 Å². The van der Waals surface area contributed by atoms with Gasteiger partial charge in [0.05, 0.1) is 0 Å². The molecule has 1 atom stereocenters. The molecule has 1 saturated heterocycles. The molecule has 22 heavy (non-hydrogen) atoms. The summed E-state index contributed by atoms with van der Waals surface area (Å²) in [7, 11) is 0. The first kappa shape index (κ1) is 21.5. The van der Waals surface area contributed by atoms with Gasteiger partial charge in [0, 0.05) is 38.6 Å². The van der Waals surface area contributed by atoms with Crippen molar-refractivity contribution in [3.05, 3.63) is 0 Å². The highest BCUT2D eigenvalue weighted by Gasteiger charge is 2.26. The predicted octanol–water partition coefficient (Wildman–Crippen LogP) is 2.75. The SMILES string of the molecule is CCCCN=C(NCC)NCCC(CC)N1CCCC1=O.I. The molecule has 130 valence electrons. The third-order valence-corrected chi connectivity index (χ3v) is 3.92. The number of nitrogens with one attached hydrogen (secondary N) is 2. The number of hydrogen-bond donors (Lipinski definition) is 2. The summed E-state index contributed by atoms with van der Waals surface area (Å²) in [5.74, 6) is 1.22. The largest absolute Gasteiger partial charge is 0.357 e. The fourth-order valence-electron chi connectivity index (χ4n) is 2.68. The molecule has 1 aliphatic rings. The number of amides is 1. The molecule has 0 aromatic heterocycles. The van der Waals surface area contributed by atoms with Gasteiger partial charge in [-0.25, -0.2) is 0 Å². The molecule has 5 nitrogen and oxygen atoms in total. The lowest BCUT2D eigenvalue weighted by Gasteiger charge is -2.27. The lowest BCUT2D eigenvalue weighted by atomic mass is 10.1. The maximum Gasteiger partial charge on any atom is 0.222 e. The molecule has 1 amide bonds. The minimum absolute atomic E-state index is 0. The van der Waals surface area contributed by atoms with Crippen LogP contribution < -0.4 is 10.6 Å². The molecular formula is C16H33IN4O. The third kappa shape index (κ3) is 7.65. The van der Waals surface area contributed by atoms with Gasteiger partial charge >= 0.3 is 0 Å². The van der Waals surface area contributed by atoms with E-state index in [1.807, 2.05) is 0 Å². The van der Waals surface area contributed by atoms with Crippen LogP contribution in [0, 0.1) is 0 Å². The van der Waals surface area contributed by atoms with Crippen molar-refractivity contribution in [1.82, 2.24) is 15.5 Å². The van der Waals surface area contributed by atoms with Crippen LogP contribution in [0.1, 0.15) is 59.3 Å². The van der Waals surface area contributed by atoms with Crippen molar-refractivity contribution in [2.24, 2.45) is 4.99 Å². The Morgan fingerprint density at radius 3 is 2.64 bits per heavy atom. The number of likely N-dealkylation sites (tertiary alicyclic amines) is 1. The van der Waals surface area contributed by atoms with E-state index in [9.17, 15) is 4.79 Å². The second kappa shape index (κ2) is 13.0. The molecule has 0 radical (unpaired) electrons. The van der Waals surface area contributed by atoms with Gasteiger partial charge in [-0.15, -0.1) is 24.0 Å². The highest BCUT2D eigenvalue weighted by molar-refractivity contribution is 14.0. The van der Waals surface area contributed by atoms with E-state index in [1.165, 1.54) is 0 Å². The van der Waals surface area contributed by atoms with Crippen LogP contribution in [0.4, 0.5) is 0 Å². The summed E-state index contributed by atoms with van der Waals surface area (Å²) < 4.78 is 0. The number of aliphatic imine (C=N–C) groups is 1. The van der Waals surface area contributed by atoms with Crippen LogP contribution in [0.5, 0.6) is 0 Å². The molecule has 1 heterocycles. The molecule has 1 aliphatic heterocycles. The van der Waals surface area contributed by atoms with Crippen molar-refractivity contribution in [2.75, 3.05) is 26.2 Å². The maximum atomic E-state index is 11.8. The molecule has 2 N–H and O–H groups in total. The topological polar surface area (TPSA) is 56.7 Å². The number of guanidine groups is 1. The van der Waals surface area contributed by atoms with Gasteiger partial charge < -0.3 is 15.5 Å². The van der Waals surface area contributed by atoms with Crippen LogP contribution in [0.15, 0.2) is 4.99 Å². The number of nitrogens with zero attached hydrogens (tertiary/aromatic N) is 2. The Balaban J connectivity index is 0.00000441. The molecule has 0 bridgehead atoms. The van der Waals surface area contributed by atoms with E-state index in [2.05, 4.69) is 41.3 Å². The Kier molecular flexibility index (Phi) is 12.6. The standard InChI is InChI=1S/C16H32N4O.HI/c1-4-7-11-18-16(17-6-3)19-12-10-14(5-2)20-13-8-9-15(20)21;/h14H,4-13H2,1-3H3,(H2,17,18,19);1H. The smallest absolute Gasteiger partial charge is 0.222 e. The first-order chi connectivity index (χ1) is 10.2. The fourth-order valence-corrected chi connectivity index (χ4v) is 2.68.